The van der Waals surface area contributed by atoms with Crippen LogP contribution in [0.15, 0.2) is 24.3 Å². The lowest BCUT2D eigenvalue weighted by Gasteiger charge is -2.31. The normalized spacial score (nSPS) is 19.0. The van der Waals surface area contributed by atoms with Gasteiger partial charge in [0.25, 0.3) is 5.91 Å². The molecular formula is C12H13NO3. The number of Topliss-reactive ketones (excluding diaryl/α,β-unsaturated/α-hetero) is 1. The van der Waals surface area contributed by atoms with Crippen LogP contribution in [0.4, 0.5) is 5.69 Å². The molecule has 1 aromatic carbocycles. The van der Waals surface area contributed by atoms with Gasteiger partial charge in [0.1, 0.15) is 11.5 Å². The van der Waals surface area contributed by atoms with Crippen LogP contribution in [0.1, 0.15) is 13.3 Å². The Bertz CT molecular complexity index is 442. The number of likely N-dealkylation sites (N-methyl/N-ethyl adjacent to an activating group) is 1. The number of hydrogen-bond acceptors (Lipinski definition) is 3. The number of rotatable bonds is 2. The third kappa shape index (κ3) is 1.78. The first-order chi connectivity index (χ1) is 7.59. The highest BCUT2D eigenvalue weighted by molar-refractivity contribution is 6.01. The number of para-hydroxylation sites is 2. The van der Waals surface area contributed by atoms with Crippen LogP contribution in [0, 0.1) is 0 Å². The Balaban J connectivity index is 2.32. The van der Waals surface area contributed by atoms with E-state index >= 15 is 0 Å². The van der Waals surface area contributed by atoms with Crippen molar-refractivity contribution in [1.82, 2.24) is 0 Å². The molecule has 4 nitrogen and oxygen atoms in total. The predicted molar refractivity (Wildman–Crippen MR) is 59.6 cm³/mol. The van der Waals surface area contributed by atoms with E-state index in [-0.39, 0.29) is 18.1 Å². The Morgan fingerprint density at radius 1 is 1.44 bits per heavy atom. The molecule has 4 heteroatoms. The monoisotopic (exact) mass is 219 g/mol. The van der Waals surface area contributed by atoms with Gasteiger partial charge < -0.3 is 9.64 Å². The second-order valence-corrected chi connectivity index (χ2v) is 3.88. The van der Waals surface area contributed by atoms with Crippen molar-refractivity contribution in [3.8, 4) is 5.75 Å². The van der Waals surface area contributed by atoms with Gasteiger partial charge in [-0.15, -0.1) is 0 Å². The van der Waals surface area contributed by atoms with Crippen LogP contribution in [-0.2, 0) is 9.59 Å². The SMILES string of the molecule is CC(=O)CC1Oc2ccccc2N(C)C1=O. The number of ketones is 1. The zero-order chi connectivity index (χ0) is 11.7. The van der Waals surface area contributed by atoms with Crippen molar-refractivity contribution in [3.05, 3.63) is 24.3 Å². The van der Waals surface area contributed by atoms with Gasteiger partial charge in [-0.25, -0.2) is 0 Å². The zero-order valence-electron chi connectivity index (χ0n) is 9.27. The maximum absolute atomic E-state index is 11.9. The molecule has 0 aliphatic carbocycles. The van der Waals surface area contributed by atoms with Crippen LogP contribution in [0.3, 0.4) is 0 Å². The molecule has 1 heterocycles. The quantitative estimate of drug-likeness (QED) is 0.755. The molecule has 1 atom stereocenters. The summed E-state index contributed by atoms with van der Waals surface area (Å²) in [6.45, 7) is 1.46. The zero-order valence-corrected chi connectivity index (χ0v) is 9.27. The minimum absolute atomic E-state index is 0.0499. The standard InChI is InChI=1S/C12H13NO3/c1-8(14)7-11-12(15)13(2)9-5-3-4-6-10(9)16-11/h3-6,11H,7H2,1-2H3. The number of nitrogens with zero attached hydrogens (tertiary/aromatic N) is 1. The number of hydrogen-bond donors (Lipinski definition) is 0. The number of amides is 1. The van der Waals surface area contributed by atoms with Gasteiger partial charge in [0.05, 0.1) is 12.1 Å². The molecule has 1 aliphatic rings. The third-order valence-corrected chi connectivity index (χ3v) is 2.57. The maximum Gasteiger partial charge on any atom is 0.268 e. The Hall–Kier alpha value is -1.84. The number of benzene rings is 1. The van der Waals surface area contributed by atoms with E-state index in [1.807, 2.05) is 18.2 Å². The molecule has 16 heavy (non-hydrogen) atoms. The van der Waals surface area contributed by atoms with Gasteiger partial charge >= 0.3 is 0 Å². The van der Waals surface area contributed by atoms with E-state index in [1.165, 1.54) is 11.8 Å². The number of carbonyl (C=O) groups is 2. The average molecular weight is 219 g/mol. The molecule has 0 saturated carbocycles. The molecular weight excluding hydrogens is 206 g/mol. The lowest BCUT2D eigenvalue weighted by molar-refractivity contribution is -0.130. The van der Waals surface area contributed by atoms with Crippen LogP contribution in [-0.4, -0.2) is 24.8 Å². The first kappa shape index (κ1) is 10.7. The molecule has 0 aromatic heterocycles. The van der Waals surface area contributed by atoms with Crippen molar-refractivity contribution < 1.29 is 14.3 Å². The van der Waals surface area contributed by atoms with Gasteiger partial charge in [0, 0.05) is 7.05 Å². The molecule has 0 spiro atoms. The van der Waals surface area contributed by atoms with Gasteiger partial charge in [-0.3, -0.25) is 9.59 Å². The summed E-state index contributed by atoms with van der Waals surface area (Å²) < 4.78 is 5.51. The molecule has 0 bridgehead atoms. The molecule has 0 N–H and O–H groups in total. The van der Waals surface area contributed by atoms with Crippen molar-refractivity contribution in [2.75, 3.05) is 11.9 Å². The van der Waals surface area contributed by atoms with Crippen LogP contribution in [0.25, 0.3) is 0 Å². The van der Waals surface area contributed by atoms with E-state index in [9.17, 15) is 9.59 Å². The van der Waals surface area contributed by atoms with Crippen molar-refractivity contribution >= 4 is 17.4 Å². The molecule has 1 amide bonds. The maximum atomic E-state index is 11.9. The van der Waals surface area contributed by atoms with E-state index in [1.54, 1.807) is 13.1 Å². The summed E-state index contributed by atoms with van der Waals surface area (Å²) in [5.74, 6) is 0.427. The van der Waals surface area contributed by atoms with Gasteiger partial charge in [-0.05, 0) is 19.1 Å². The fraction of sp³-hybridized carbons (Fsp3) is 0.333. The second-order valence-electron chi connectivity index (χ2n) is 3.88. The molecule has 0 saturated heterocycles. The van der Waals surface area contributed by atoms with Crippen LogP contribution < -0.4 is 9.64 Å². The molecule has 1 aliphatic heterocycles. The Kier molecular flexibility index (Phi) is 2.64. The Labute approximate surface area is 93.8 Å². The smallest absolute Gasteiger partial charge is 0.268 e. The number of carbonyl (C=O) groups excluding carboxylic acids is 2. The Morgan fingerprint density at radius 3 is 2.81 bits per heavy atom. The summed E-state index contributed by atoms with van der Waals surface area (Å²) in [4.78, 5) is 24.4. The van der Waals surface area contributed by atoms with Gasteiger partial charge in [-0.1, -0.05) is 12.1 Å². The van der Waals surface area contributed by atoms with Gasteiger partial charge in [0.2, 0.25) is 0 Å². The van der Waals surface area contributed by atoms with Crippen LogP contribution in [0.2, 0.25) is 0 Å². The van der Waals surface area contributed by atoms with E-state index in [4.69, 9.17) is 4.74 Å². The first-order valence-electron chi connectivity index (χ1n) is 5.12. The van der Waals surface area contributed by atoms with Crippen molar-refractivity contribution in [3.63, 3.8) is 0 Å². The highest BCUT2D eigenvalue weighted by atomic mass is 16.5. The van der Waals surface area contributed by atoms with E-state index in [0.717, 1.165) is 5.69 Å². The Morgan fingerprint density at radius 2 is 2.12 bits per heavy atom. The summed E-state index contributed by atoms with van der Waals surface area (Å²) in [5.41, 5.74) is 0.743. The number of ether oxygens (including phenoxy) is 1. The van der Waals surface area contributed by atoms with E-state index < -0.39 is 6.10 Å². The van der Waals surface area contributed by atoms with Crippen LogP contribution >= 0.6 is 0 Å². The highest BCUT2D eigenvalue weighted by Gasteiger charge is 2.32. The lowest BCUT2D eigenvalue weighted by Crippen LogP contribution is -2.44. The molecule has 0 radical (unpaired) electrons. The fourth-order valence-corrected chi connectivity index (χ4v) is 1.76. The molecule has 1 aromatic rings. The van der Waals surface area contributed by atoms with E-state index in [0.29, 0.717) is 5.75 Å². The second kappa shape index (κ2) is 3.96. The topological polar surface area (TPSA) is 46.6 Å². The minimum Gasteiger partial charge on any atom is -0.478 e. The minimum atomic E-state index is -0.683. The van der Waals surface area contributed by atoms with E-state index in [2.05, 4.69) is 0 Å². The predicted octanol–water partition coefficient (Wildman–Crippen LogP) is 1.39. The first-order valence-corrected chi connectivity index (χ1v) is 5.12. The third-order valence-electron chi connectivity index (χ3n) is 2.57. The lowest BCUT2D eigenvalue weighted by atomic mass is 10.1. The van der Waals surface area contributed by atoms with Crippen molar-refractivity contribution in [1.29, 1.82) is 0 Å². The summed E-state index contributed by atoms with van der Waals surface area (Å²) in [6.07, 6.45) is -0.560. The van der Waals surface area contributed by atoms with Gasteiger partial charge in [-0.2, -0.15) is 0 Å². The summed E-state index contributed by atoms with van der Waals surface area (Å²) >= 11 is 0. The largest absolute Gasteiger partial charge is 0.478 e. The molecule has 84 valence electrons. The summed E-state index contributed by atoms with van der Waals surface area (Å²) in [6, 6.07) is 7.30. The molecule has 0 fully saturated rings. The van der Waals surface area contributed by atoms with Gasteiger partial charge in [0.15, 0.2) is 6.10 Å². The highest BCUT2D eigenvalue weighted by Crippen LogP contribution is 2.33. The van der Waals surface area contributed by atoms with Crippen molar-refractivity contribution in [2.24, 2.45) is 0 Å². The fourth-order valence-electron chi connectivity index (χ4n) is 1.76. The van der Waals surface area contributed by atoms with Crippen LogP contribution in [0.5, 0.6) is 5.75 Å². The summed E-state index contributed by atoms with van der Waals surface area (Å²) in [5, 5.41) is 0. The average Bonchev–Trinajstić information content (AvgIpc) is 2.25. The number of fused-ring (bicyclic) bond motifs is 1. The molecule has 1 unspecified atom stereocenters. The molecule has 2 rings (SSSR count). The van der Waals surface area contributed by atoms with Crippen molar-refractivity contribution in [2.45, 2.75) is 19.4 Å². The summed E-state index contributed by atoms with van der Waals surface area (Å²) in [7, 11) is 1.69. The number of anilines is 1.